The molecule has 1 heterocycles. The molecule has 2 rings (SSSR count). The van der Waals surface area contributed by atoms with E-state index in [1.807, 2.05) is 18.2 Å². The van der Waals surface area contributed by atoms with Crippen molar-refractivity contribution in [3.63, 3.8) is 0 Å². The first-order valence-corrected chi connectivity index (χ1v) is 8.88. The van der Waals surface area contributed by atoms with E-state index in [-0.39, 0.29) is 6.04 Å². The highest BCUT2D eigenvalue weighted by Crippen LogP contribution is 2.37. The average Bonchev–Trinajstić information content (AvgIpc) is 2.80. The van der Waals surface area contributed by atoms with Crippen LogP contribution in [0, 0.1) is 6.92 Å². The van der Waals surface area contributed by atoms with E-state index in [0.717, 1.165) is 28.8 Å². The second kappa shape index (κ2) is 7.63. The lowest BCUT2D eigenvalue weighted by Gasteiger charge is -2.20. The minimum absolute atomic E-state index is 0.118. The predicted octanol–water partition coefficient (Wildman–Crippen LogP) is 5.57. The fourth-order valence-corrected chi connectivity index (χ4v) is 4.02. The van der Waals surface area contributed by atoms with Gasteiger partial charge in [0.15, 0.2) is 0 Å². The van der Waals surface area contributed by atoms with Crippen molar-refractivity contribution < 1.29 is 4.74 Å². The van der Waals surface area contributed by atoms with Crippen LogP contribution >= 0.6 is 38.9 Å². The van der Waals surface area contributed by atoms with Gasteiger partial charge in [0.05, 0.1) is 13.2 Å². The standard InChI is InChI=1S/C16H19BrClNOS/c1-4-7-19-16(15-9-13(17)10(2)21-15)12-6-5-11(18)8-14(12)20-3/h5-6,8-9,16,19H,4,7H2,1-3H3. The molecule has 5 heteroatoms. The highest BCUT2D eigenvalue weighted by Gasteiger charge is 2.20. The molecule has 1 unspecified atom stereocenters. The first-order valence-electron chi connectivity index (χ1n) is 6.89. The molecule has 0 bridgehead atoms. The number of halogens is 2. The van der Waals surface area contributed by atoms with Gasteiger partial charge >= 0.3 is 0 Å². The molecule has 1 aromatic carbocycles. The Kier molecular flexibility index (Phi) is 6.11. The Balaban J connectivity index is 2.44. The van der Waals surface area contributed by atoms with E-state index < -0.39 is 0 Å². The lowest BCUT2D eigenvalue weighted by Crippen LogP contribution is -2.22. The number of hydrogen-bond donors (Lipinski definition) is 1. The SMILES string of the molecule is CCCNC(c1cc(Br)c(C)s1)c1ccc(Cl)cc1OC. The minimum Gasteiger partial charge on any atom is -0.496 e. The van der Waals surface area contributed by atoms with Crippen molar-refractivity contribution in [1.29, 1.82) is 0 Å². The summed E-state index contributed by atoms with van der Waals surface area (Å²) < 4.78 is 6.67. The molecular weight excluding hydrogens is 370 g/mol. The smallest absolute Gasteiger partial charge is 0.125 e. The molecule has 0 radical (unpaired) electrons. The van der Waals surface area contributed by atoms with Crippen molar-refractivity contribution in [3.8, 4) is 5.75 Å². The van der Waals surface area contributed by atoms with Crippen molar-refractivity contribution >= 4 is 38.9 Å². The molecule has 0 saturated heterocycles. The Hall–Kier alpha value is -0.550. The molecule has 0 fully saturated rings. The molecule has 2 nitrogen and oxygen atoms in total. The lowest BCUT2D eigenvalue weighted by atomic mass is 10.0. The first-order chi connectivity index (χ1) is 10.1. The van der Waals surface area contributed by atoms with Gasteiger partial charge in [-0.1, -0.05) is 24.6 Å². The summed E-state index contributed by atoms with van der Waals surface area (Å²) in [6, 6.07) is 8.12. The number of aryl methyl sites for hydroxylation is 1. The van der Waals surface area contributed by atoms with E-state index in [9.17, 15) is 0 Å². The molecule has 114 valence electrons. The zero-order valence-electron chi connectivity index (χ0n) is 12.4. The normalized spacial score (nSPS) is 12.4. The number of thiophene rings is 1. The van der Waals surface area contributed by atoms with Gasteiger partial charge in [0.1, 0.15) is 5.75 Å². The van der Waals surface area contributed by atoms with Crippen molar-refractivity contribution in [2.45, 2.75) is 26.3 Å². The van der Waals surface area contributed by atoms with Gasteiger partial charge < -0.3 is 10.1 Å². The summed E-state index contributed by atoms with van der Waals surface area (Å²) in [6.45, 7) is 5.23. The van der Waals surface area contributed by atoms with E-state index in [1.54, 1.807) is 18.4 Å². The molecule has 1 N–H and O–H groups in total. The van der Waals surface area contributed by atoms with Gasteiger partial charge in [-0.15, -0.1) is 11.3 Å². The zero-order chi connectivity index (χ0) is 15.4. The van der Waals surface area contributed by atoms with Crippen molar-refractivity contribution in [1.82, 2.24) is 5.32 Å². The summed E-state index contributed by atoms with van der Waals surface area (Å²) in [4.78, 5) is 2.55. The second-order valence-electron chi connectivity index (χ2n) is 4.83. The Bertz CT molecular complexity index is 595. The minimum atomic E-state index is 0.118. The van der Waals surface area contributed by atoms with Crippen LogP contribution in [0.15, 0.2) is 28.7 Å². The van der Waals surface area contributed by atoms with Crippen LogP contribution in [0.2, 0.25) is 5.02 Å². The third-order valence-corrected chi connectivity index (χ3v) is 5.70. The molecule has 21 heavy (non-hydrogen) atoms. The summed E-state index contributed by atoms with van der Waals surface area (Å²) in [7, 11) is 1.68. The van der Waals surface area contributed by atoms with Crippen LogP contribution in [0.25, 0.3) is 0 Å². The largest absolute Gasteiger partial charge is 0.496 e. The molecule has 0 amide bonds. The Labute approximate surface area is 143 Å². The maximum absolute atomic E-state index is 6.07. The first kappa shape index (κ1) is 16.8. The van der Waals surface area contributed by atoms with E-state index in [1.165, 1.54) is 9.75 Å². The van der Waals surface area contributed by atoms with E-state index >= 15 is 0 Å². The number of nitrogens with one attached hydrogen (secondary N) is 1. The van der Waals surface area contributed by atoms with Crippen LogP contribution in [0.1, 0.15) is 34.7 Å². The Morgan fingerprint density at radius 2 is 2.14 bits per heavy atom. The lowest BCUT2D eigenvalue weighted by molar-refractivity contribution is 0.404. The fraction of sp³-hybridized carbons (Fsp3) is 0.375. The zero-order valence-corrected chi connectivity index (χ0v) is 15.5. The predicted molar refractivity (Wildman–Crippen MR) is 94.9 cm³/mol. The van der Waals surface area contributed by atoms with E-state index in [4.69, 9.17) is 16.3 Å². The maximum atomic E-state index is 6.07. The van der Waals surface area contributed by atoms with Gasteiger partial charge in [-0.3, -0.25) is 0 Å². The average molecular weight is 389 g/mol. The molecule has 1 aromatic heterocycles. The summed E-state index contributed by atoms with van der Waals surface area (Å²) in [5.74, 6) is 0.818. The summed E-state index contributed by atoms with van der Waals surface area (Å²) in [5, 5.41) is 4.29. The highest BCUT2D eigenvalue weighted by atomic mass is 79.9. The Morgan fingerprint density at radius 3 is 2.71 bits per heavy atom. The molecule has 1 atom stereocenters. The highest BCUT2D eigenvalue weighted by molar-refractivity contribution is 9.10. The van der Waals surface area contributed by atoms with Crippen LogP contribution in [-0.2, 0) is 0 Å². The summed E-state index contributed by atoms with van der Waals surface area (Å²) in [5.41, 5.74) is 1.11. The summed E-state index contributed by atoms with van der Waals surface area (Å²) >= 11 is 11.5. The molecule has 0 saturated carbocycles. The molecule has 0 aliphatic carbocycles. The number of ether oxygens (including phenoxy) is 1. The van der Waals surface area contributed by atoms with Crippen LogP contribution < -0.4 is 10.1 Å². The molecule has 0 aliphatic rings. The second-order valence-corrected chi connectivity index (χ2v) is 7.40. The molecule has 0 spiro atoms. The van der Waals surface area contributed by atoms with Crippen LogP contribution in [0.4, 0.5) is 0 Å². The van der Waals surface area contributed by atoms with Gasteiger partial charge in [-0.05, 0) is 54.0 Å². The number of benzene rings is 1. The van der Waals surface area contributed by atoms with Gasteiger partial charge in [-0.25, -0.2) is 0 Å². The molecule has 0 aliphatic heterocycles. The molecule has 2 aromatic rings. The quantitative estimate of drug-likeness (QED) is 0.698. The van der Waals surface area contributed by atoms with Gasteiger partial charge in [0.2, 0.25) is 0 Å². The van der Waals surface area contributed by atoms with E-state index in [2.05, 4.69) is 41.2 Å². The monoisotopic (exact) mass is 387 g/mol. The van der Waals surface area contributed by atoms with Crippen molar-refractivity contribution in [2.24, 2.45) is 0 Å². The van der Waals surface area contributed by atoms with Crippen LogP contribution in [-0.4, -0.2) is 13.7 Å². The maximum Gasteiger partial charge on any atom is 0.125 e. The van der Waals surface area contributed by atoms with Gasteiger partial charge in [0, 0.05) is 24.8 Å². The van der Waals surface area contributed by atoms with Gasteiger partial charge in [0.25, 0.3) is 0 Å². The topological polar surface area (TPSA) is 21.3 Å². The van der Waals surface area contributed by atoms with Crippen molar-refractivity contribution in [2.75, 3.05) is 13.7 Å². The third kappa shape index (κ3) is 4.01. The van der Waals surface area contributed by atoms with Gasteiger partial charge in [-0.2, -0.15) is 0 Å². The Morgan fingerprint density at radius 1 is 1.38 bits per heavy atom. The van der Waals surface area contributed by atoms with Crippen molar-refractivity contribution in [3.05, 3.63) is 49.1 Å². The summed E-state index contributed by atoms with van der Waals surface area (Å²) in [6.07, 6.45) is 1.08. The number of hydrogen-bond acceptors (Lipinski definition) is 3. The number of rotatable bonds is 6. The van der Waals surface area contributed by atoms with Crippen LogP contribution in [0.5, 0.6) is 5.75 Å². The van der Waals surface area contributed by atoms with Crippen LogP contribution in [0.3, 0.4) is 0 Å². The third-order valence-electron chi connectivity index (χ3n) is 3.27. The van der Waals surface area contributed by atoms with E-state index in [0.29, 0.717) is 5.02 Å². The molecular formula is C16H19BrClNOS. The fourth-order valence-electron chi connectivity index (χ4n) is 2.20. The number of methoxy groups -OCH3 is 1.